The van der Waals surface area contributed by atoms with Gasteiger partial charge in [-0.25, -0.2) is 0 Å². The van der Waals surface area contributed by atoms with E-state index in [4.69, 9.17) is 23.7 Å². The average Bonchev–Trinajstić information content (AvgIpc) is 3.10. The maximum Gasteiger partial charge on any atom is 0.311 e. The number of hydrogen-bond acceptors (Lipinski definition) is 12. The summed E-state index contributed by atoms with van der Waals surface area (Å²) in [6, 6.07) is -0.640. The van der Waals surface area contributed by atoms with Gasteiger partial charge >= 0.3 is 5.97 Å². The molecule has 0 unspecified atom stereocenters. The first-order valence-electron chi connectivity index (χ1n) is 19.2. The largest absolute Gasteiger partial charge is 0.459 e. The van der Waals surface area contributed by atoms with Crippen LogP contribution in [0, 0.1) is 17.8 Å². The van der Waals surface area contributed by atoms with Crippen molar-refractivity contribution in [3.63, 3.8) is 0 Å². The number of cyclic esters (lactones) is 1. The molecule has 4 saturated heterocycles. The molecule has 0 radical (unpaired) electrons. The van der Waals surface area contributed by atoms with E-state index in [1.165, 1.54) is 0 Å². The summed E-state index contributed by atoms with van der Waals surface area (Å²) in [5, 5.41) is 38.5. The van der Waals surface area contributed by atoms with Crippen LogP contribution < -0.4 is 5.32 Å². The fourth-order valence-electron chi connectivity index (χ4n) is 9.10. The summed E-state index contributed by atoms with van der Waals surface area (Å²) < 4.78 is 33.9. The molecule has 0 saturated carbocycles. The number of aliphatic hydroxyl groups is 3. The predicted molar refractivity (Wildman–Crippen MR) is 191 cm³/mol. The lowest BCUT2D eigenvalue weighted by atomic mass is 9.78. The Morgan fingerprint density at radius 3 is 2.28 bits per heavy atom. The van der Waals surface area contributed by atoms with E-state index in [1.54, 1.807) is 13.8 Å². The van der Waals surface area contributed by atoms with Gasteiger partial charge in [-0.05, 0) is 94.7 Å². The zero-order chi connectivity index (χ0) is 37.6. The summed E-state index contributed by atoms with van der Waals surface area (Å²) in [4.78, 5) is 18.4. The molecule has 0 aromatic heterocycles. The molecule has 0 aromatic rings. The lowest BCUT2D eigenvalue weighted by molar-refractivity contribution is -0.329. The first-order chi connectivity index (χ1) is 23.1. The minimum atomic E-state index is -1.69. The van der Waals surface area contributed by atoms with E-state index >= 15 is 0 Å². The molecule has 12 heteroatoms. The molecular weight excluding hydrogens is 642 g/mol. The summed E-state index contributed by atoms with van der Waals surface area (Å²) in [5.74, 6) is -2.62. The monoisotopic (exact) mass is 714 g/mol. The van der Waals surface area contributed by atoms with E-state index < -0.39 is 77.6 Å². The Kier molecular flexibility index (Phi) is 13.2. The second-order valence-corrected chi connectivity index (χ2v) is 17.7. The second kappa shape index (κ2) is 15.8. The Bertz CT molecular complexity index is 1130. The molecule has 4 aliphatic heterocycles. The van der Waals surface area contributed by atoms with Crippen LogP contribution in [0.3, 0.4) is 0 Å². The molecule has 4 N–H and O–H groups in total. The molecule has 4 aliphatic rings. The molecule has 2 bridgehead atoms. The van der Waals surface area contributed by atoms with Gasteiger partial charge in [0.05, 0.1) is 29.8 Å². The van der Waals surface area contributed by atoms with Gasteiger partial charge in [0.15, 0.2) is 12.1 Å². The van der Waals surface area contributed by atoms with Crippen LogP contribution in [0.25, 0.3) is 0 Å². The summed E-state index contributed by atoms with van der Waals surface area (Å²) in [7, 11) is 3.97. The van der Waals surface area contributed by atoms with Gasteiger partial charge in [0.25, 0.3) is 0 Å². The normalized spacial score (nSPS) is 45.9. The highest BCUT2D eigenvalue weighted by Crippen LogP contribution is 2.47. The first-order valence-corrected chi connectivity index (χ1v) is 19.2. The summed E-state index contributed by atoms with van der Waals surface area (Å²) in [5.41, 5.74) is -2.81. The Balaban J connectivity index is 1.84. The van der Waals surface area contributed by atoms with Gasteiger partial charge in [0.1, 0.15) is 23.9 Å². The molecule has 1 spiro atoms. The second-order valence-electron chi connectivity index (χ2n) is 17.7. The smallest absolute Gasteiger partial charge is 0.311 e. The zero-order valence-corrected chi connectivity index (χ0v) is 33.3. The van der Waals surface area contributed by atoms with Gasteiger partial charge in [-0.15, -0.1) is 0 Å². The van der Waals surface area contributed by atoms with Gasteiger partial charge in [0.2, 0.25) is 0 Å². The topological polar surface area (TPSA) is 142 Å². The van der Waals surface area contributed by atoms with Crippen LogP contribution in [0.2, 0.25) is 0 Å². The number of carbonyl (C=O) groups excluding carboxylic acids is 1. The molecule has 0 aliphatic carbocycles. The molecule has 4 fully saturated rings. The van der Waals surface area contributed by atoms with E-state index in [9.17, 15) is 20.1 Å². The number of fused-ring (bicyclic) bond motifs is 3. The standard InChI is InChI=1S/C38H71N3O9/c1-14-28-37(11,45)31(43)26(6)40(12)21-22(2)20-36(10)32(48-34-29(42)27(19-23(3)46-34)41(13)35(7,8)9)24(4)30(25(5)33(44)47-28)49-38(50-36)15-17-39-18-16-38/h22-32,34,39,42-43,45H,14-21H2,1-13H3/t22-,23-,24+,25-,26-,27+,28-,29-,30+,31-,32-,34+,36-,37-/m1/s1. The molecule has 4 rings (SSSR count). The van der Waals surface area contributed by atoms with Crippen LogP contribution in [-0.2, 0) is 28.5 Å². The third-order valence-corrected chi connectivity index (χ3v) is 12.4. The van der Waals surface area contributed by atoms with Crippen LogP contribution in [0.15, 0.2) is 0 Å². The third-order valence-electron chi connectivity index (χ3n) is 12.4. The lowest BCUT2D eigenvalue weighted by Crippen LogP contribution is -2.62. The Hall–Kier alpha value is -0.930. The van der Waals surface area contributed by atoms with Crippen molar-refractivity contribution in [3.8, 4) is 0 Å². The Morgan fingerprint density at radius 1 is 1.08 bits per heavy atom. The molecule has 292 valence electrons. The molecular formula is C38H71N3O9. The maximum atomic E-state index is 14.1. The van der Waals surface area contributed by atoms with Gasteiger partial charge in [0, 0.05) is 56.0 Å². The number of esters is 1. The Morgan fingerprint density at radius 2 is 1.70 bits per heavy atom. The fourth-order valence-corrected chi connectivity index (χ4v) is 9.10. The lowest BCUT2D eigenvalue weighted by Gasteiger charge is -2.50. The number of rotatable bonds is 4. The molecule has 0 aromatic carbocycles. The third kappa shape index (κ3) is 8.71. The van der Waals surface area contributed by atoms with Crippen molar-refractivity contribution in [1.82, 2.24) is 15.1 Å². The van der Waals surface area contributed by atoms with Crippen LogP contribution in [0.4, 0.5) is 0 Å². The van der Waals surface area contributed by atoms with Crippen molar-refractivity contribution < 1.29 is 43.8 Å². The SMILES string of the molecule is CC[C@H]1OC(=O)[C@H](C)[C@H]2OC3(CCNCC3)O[C@](C)(C[C@@H](C)CN(C)[C@H](C)[C@@H](O)[C@]1(C)O)[C@H](O[C@@H]1O[C@H](C)C[C@H](N(C)C(C)(C)C)[C@H]1O)[C@H]2C. The van der Waals surface area contributed by atoms with Crippen LogP contribution in [0.1, 0.15) is 108 Å². The zero-order valence-electron chi connectivity index (χ0n) is 33.3. The summed E-state index contributed by atoms with van der Waals surface area (Å²) >= 11 is 0. The van der Waals surface area contributed by atoms with Crippen molar-refractivity contribution >= 4 is 5.97 Å². The quantitative estimate of drug-likeness (QED) is 0.318. The van der Waals surface area contributed by atoms with E-state index in [0.717, 1.165) is 0 Å². The van der Waals surface area contributed by atoms with E-state index in [0.29, 0.717) is 51.7 Å². The molecule has 0 amide bonds. The maximum absolute atomic E-state index is 14.1. The number of carbonyl (C=O) groups is 1. The first kappa shape index (κ1) is 41.8. The van der Waals surface area contributed by atoms with Crippen molar-refractivity contribution in [2.24, 2.45) is 17.8 Å². The minimum Gasteiger partial charge on any atom is -0.459 e. The Labute approximate surface area is 301 Å². The fraction of sp³-hybridized carbons (Fsp3) is 0.974. The number of nitrogens with one attached hydrogen (secondary N) is 1. The average molecular weight is 714 g/mol. The van der Waals surface area contributed by atoms with E-state index in [2.05, 4.69) is 44.8 Å². The number of likely N-dealkylation sites (N-methyl/N-ethyl adjacent to an activating group) is 2. The number of nitrogens with zero attached hydrogens (tertiary/aromatic N) is 2. The summed E-state index contributed by atoms with van der Waals surface area (Å²) in [6.45, 7) is 23.7. The number of ether oxygens (including phenoxy) is 5. The van der Waals surface area contributed by atoms with Crippen molar-refractivity contribution in [2.75, 3.05) is 33.7 Å². The van der Waals surface area contributed by atoms with Gasteiger partial charge < -0.3 is 49.2 Å². The van der Waals surface area contributed by atoms with Crippen LogP contribution >= 0.6 is 0 Å². The number of hydrogen-bond donors (Lipinski definition) is 4. The van der Waals surface area contributed by atoms with Crippen molar-refractivity contribution in [3.05, 3.63) is 0 Å². The highest BCUT2D eigenvalue weighted by Gasteiger charge is 2.58. The summed E-state index contributed by atoms with van der Waals surface area (Å²) in [6.07, 6.45) is -2.79. The molecule has 4 heterocycles. The minimum absolute atomic E-state index is 0.0523. The van der Waals surface area contributed by atoms with Crippen LogP contribution in [-0.4, -0.2) is 142 Å². The van der Waals surface area contributed by atoms with Crippen LogP contribution in [0.5, 0.6) is 0 Å². The number of aliphatic hydroxyl groups excluding tert-OH is 2. The molecule has 12 nitrogen and oxygen atoms in total. The van der Waals surface area contributed by atoms with E-state index in [-0.39, 0.29) is 23.6 Å². The molecule has 50 heavy (non-hydrogen) atoms. The number of piperidine rings is 1. The van der Waals surface area contributed by atoms with Gasteiger partial charge in [-0.1, -0.05) is 20.8 Å². The van der Waals surface area contributed by atoms with Crippen molar-refractivity contribution in [2.45, 2.75) is 186 Å². The highest BCUT2D eigenvalue weighted by atomic mass is 16.7. The van der Waals surface area contributed by atoms with Gasteiger partial charge in [-0.2, -0.15) is 0 Å². The molecule has 14 atom stereocenters. The van der Waals surface area contributed by atoms with E-state index in [1.807, 2.05) is 46.7 Å². The van der Waals surface area contributed by atoms with Gasteiger partial charge in [-0.3, -0.25) is 9.69 Å². The highest BCUT2D eigenvalue weighted by molar-refractivity contribution is 5.73. The predicted octanol–water partition coefficient (Wildman–Crippen LogP) is 3.29. The van der Waals surface area contributed by atoms with Crippen molar-refractivity contribution in [1.29, 1.82) is 0 Å².